The number of carbonyl (C=O) groups is 2. The standard InChI is InChI=1S/C19H23N3O5/c1-12-14(19(24)25)11-20-22(12)13-7-9-21(10-8-13)18(23)17-15(26-2)5-4-6-16(17)27-3/h4-6,11,13H,7-10H2,1-3H3,(H,24,25). The van der Waals surface area contributed by atoms with Crippen LogP contribution in [0.3, 0.4) is 0 Å². The van der Waals surface area contributed by atoms with Gasteiger partial charge in [0.05, 0.1) is 32.2 Å². The SMILES string of the molecule is COc1cccc(OC)c1C(=O)N1CCC(n2ncc(C(=O)O)c2C)CC1. The third kappa shape index (κ3) is 3.47. The first-order valence-electron chi connectivity index (χ1n) is 8.75. The second-order valence-electron chi connectivity index (χ2n) is 6.45. The van der Waals surface area contributed by atoms with E-state index in [1.807, 2.05) is 0 Å². The zero-order valence-electron chi connectivity index (χ0n) is 15.6. The number of likely N-dealkylation sites (tertiary alicyclic amines) is 1. The molecule has 1 aromatic heterocycles. The van der Waals surface area contributed by atoms with Gasteiger partial charge in [0, 0.05) is 13.1 Å². The number of amides is 1. The number of aromatic nitrogens is 2. The molecular formula is C19H23N3O5. The number of hydrogen-bond donors (Lipinski definition) is 1. The highest BCUT2D eigenvalue weighted by Gasteiger charge is 2.29. The maximum Gasteiger partial charge on any atom is 0.339 e. The van der Waals surface area contributed by atoms with Gasteiger partial charge in [0.2, 0.25) is 0 Å². The van der Waals surface area contributed by atoms with Crippen LogP contribution in [-0.4, -0.2) is 59.0 Å². The Balaban J connectivity index is 1.75. The predicted molar refractivity (Wildman–Crippen MR) is 97.6 cm³/mol. The van der Waals surface area contributed by atoms with Crippen molar-refractivity contribution in [1.82, 2.24) is 14.7 Å². The summed E-state index contributed by atoms with van der Waals surface area (Å²) in [4.78, 5) is 26.0. The Morgan fingerprint density at radius 1 is 1.15 bits per heavy atom. The lowest BCUT2D eigenvalue weighted by Crippen LogP contribution is -2.39. The van der Waals surface area contributed by atoms with E-state index in [2.05, 4.69) is 5.10 Å². The van der Waals surface area contributed by atoms with Crippen molar-refractivity contribution in [3.63, 3.8) is 0 Å². The molecule has 1 saturated heterocycles. The minimum absolute atomic E-state index is 0.0710. The average Bonchev–Trinajstić information content (AvgIpc) is 3.08. The van der Waals surface area contributed by atoms with Crippen LogP contribution in [0.25, 0.3) is 0 Å². The lowest BCUT2D eigenvalue weighted by Gasteiger charge is -2.33. The molecule has 8 nitrogen and oxygen atoms in total. The van der Waals surface area contributed by atoms with Crippen molar-refractivity contribution in [3.8, 4) is 11.5 Å². The lowest BCUT2D eigenvalue weighted by atomic mass is 10.0. The molecule has 8 heteroatoms. The third-order valence-electron chi connectivity index (χ3n) is 5.01. The van der Waals surface area contributed by atoms with Gasteiger partial charge in [-0.05, 0) is 31.9 Å². The van der Waals surface area contributed by atoms with Crippen molar-refractivity contribution in [2.24, 2.45) is 0 Å². The monoisotopic (exact) mass is 373 g/mol. The highest BCUT2D eigenvalue weighted by Crippen LogP contribution is 2.32. The molecular weight excluding hydrogens is 350 g/mol. The van der Waals surface area contributed by atoms with E-state index in [1.54, 1.807) is 34.7 Å². The van der Waals surface area contributed by atoms with Gasteiger partial charge < -0.3 is 19.5 Å². The van der Waals surface area contributed by atoms with E-state index < -0.39 is 5.97 Å². The zero-order chi connectivity index (χ0) is 19.6. The molecule has 2 aromatic rings. The molecule has 0 spiro atoms. The molecule has 1 amide bonds. The minimum Gasteiger partial charge on any atom is -0.496 e. The maximum absolute atomic E-state index is 13.0. The number of piperidine rings is 1. The topological polar surface area (TPSA) is 93.9 Å². The van der Waals surface area contributed by atoms with Crippen LogP contribution in [0.5, 0.6) is 11.5 Å². The fraction of sp³-hybridized carbons (Fsp3) is 0.421. The molecule has 1 N–H and O–H groups in total. The fourth-order valence-corrected chi connectivity index (χ4v) is 3.54. The van der Waals surface area contributed by atoms with E-state index in [4.69, 9.17) is 9.47 Å². The van der Waals surface area contributed by atoms with Crippen LogP contribution >= 0.6 is 0 Å². The van der Waals surface area contributed by atoms with Crippen LogP contribution in [0.15, 0.2) is 24.4 Å². The molecule has 3 rings (SSSR count). The van der Waals surface area contributed by atoms with Gasteiger partial charge in [0.25, 0.3) is 5.91 Å². The van der Waals surface area contributed by atoms with Gasteiger partial charge in [0.15, 0.2) is 0 Å². The zero-order valence-corrected chi connectivity index (χ0v) is 15.6. The quantitative estimate of drug-likeness (QED) is 0.865. The van der Waals surface area contributed by atoms with Crippen molar-refractivity contribution in [2.45, 2.75) is 25.8 Å². The summed E-state index contributed by atoms with van der Waals surface area (Å²) in [5, 5.41) is 13.4. The lowest BCUT2D eigenvalue weighted by molar-refractivity contribution is 0.0681. The Morgan fingerprint density at radius 3 is 2.22 bits per heavy atom. The summed E-state index contributed by atoms with van der Waals surface area (Å²) in [6.45, 7) is 2.85. The van der Waals surface area contributed by atoms with Gasteiger partial charge in [-0.15, -0.1) is 0 Å². The number of aromatic carboxylic acids is 1. The summed E-state index contributed by atoms with van der Waals surface area (Å²) in [6, 6.07) is 5.33. The van der Waals surface area contributed by atoms with Crippen molar-refractivity contribution in [2.75, 3.05) is 27.3 Å². The molecule has 1 aliphatic heterocycles. The summed E-state index contributed by atoms with van der Waals surface area (Å²) in [7, 11) is 3.05. The van der Waals surface area contributed by atoms with Crippen molar-refractivity contribution in [1.29, 1.82) is 0 Å². The fourth-order valence-electron chi connectivity index (χ4n) is 3.54. The van der Waals surface area contributed by atoms with Crippen molar-refractivity contribution >= 4 is 11.9 Å². The first kappa shape index (κ1) is 18.8. The van der Waals surface area contributed by atoms with E-state index in [-0.39, 0.29) is 17.5 Å². The molecule has 2 heterocycles. The third-order valence-corrected chi connectivity index (χ3v) is 5.01. The number of carboxylic acid groups (broad SMARTS) is 1. The van der Waals surface area contributed by atoms with Gasteiger partial charge >= 0.3 is 5.97 Å². The van der Waals surface area contributed by atoms with E-state index in [0.29, 0.717) is 48.7 Å². The van der Waals surface area contributed by atoms with E-state index in [9.17, 15) is 14.7 Å². The summed E-state index contributed by atoms with van der Waals surface area (Å²) in [5.74, 6) is -0.146. The van der Waals surface area contributed by atoms with Gasteiger partial charge in [-0.3, -0.25) is 9.48 Å². The molecule has 1 aromatic carbocycles. The highest BCUT2D eigenvalue weighted by atomic mass is 16.5. The molecule has 0 radical (unpaired) electrons. The number of carbonyl (C=O) groups excluding carboxylic acids is 1. The van der Waals surface area contributed by atoms with Crippen molar-refractivity contribution in [3.05, 3.63) is 41.2 Å². The molecule has 1 fully saturated rings. The molecule has 1 aliphatic rings. The number of ether oxygens (including phenoxy) is 2. The van der Waals surface area contributed by atoms with Gasteiger partial charge in [0.1, 0.15) is 22.6 Å². The second-order valence-corrected chi connectivity index (χ2v) is 6.45. The summed E-state index contributed by atoms with van der Waals surface area (Å²) in [5.41, 5.74) is 1.27. The van der Waals surface area contributed by atoms with Gasteiger partial charge in [-0.25, -0.2) is 4.79 Å². The Morgan fingerprint density at radius 2 is 1.74 bits per heavy atom. The molecule has 0 bridgehead atoms. The van der Waals surface area contributed by atoms with Crippen LogP contribution in [-0.2, 0) is 0 Å². The highest BCUT2D eigenvalue weighted by molar-refractivity contribution is 5.99. The van der Waals surface area contributed by atoms with E-state index in [1.165, 1.54) is 20.4 Å². The molecule has 0 unspecified atom stereocenters. The Kier molecular flexibility index (Phi) is 5.34. The Hall–Kier alpha value is -3.03. The van der Waals surface area contributed by atoms with Crippen LogP contribution in [0.4, 0.5) is 0 Å². The average molecular weight is 373 g/mol. The largest absolute Gasteiger partial charge is 0.496 e. The van der Waals surface area contributed by atoms with Crippen LogP contribution in [0.2, 0.25) is 0 Å². The molecule has 144 valence electrons. The van der Waals surface area contributed by atoms with E-state index in [0.717, 1.165) is 0 Å². The van der Waals surface area contributed by atoms with E-state index >= 15 is 0 Å². The number of carboxylic acids is 1. The number of rotatable bonds is 5. The van der Waals surface area contributed by atoms with Crippen molar-refractivity contribution < 1.29 is 24.2 Å². The smallest absolute Gasteiger partial charge is 0.339 e. The van der Waals surface area contributed by atoms with Gasteiger partial charge in [-0.2, -0.15) is 5.10 Å². The Bertz CT molecular complexity index is 831. The summed E-state index contributed by atoms with van der Waals surface area (Å²) in [6.07, 6.45) is 2.78. The number of nitrogens with zero attached hydrogens (tertiary/aromatic N) is 3. The summed E-state index contributed by atoms with van der Waals surface area (Å²) >= 11 is 0. The van der Waals surface area contributed by atoms with Crippen LogP contribution in [0, 0.1) is 6.92 Å². The normalized spacial score (nSPS) is 14.9. The summed E-state index contributed by atoms with van der Waals surface area (Å²) < 4.78 is 12.4. The Labute approximate surface area is 157 Å². The predicted octanol–water partition coefficient (Wildman–Crippen LogP) is 2.38. The number of hydrogen-bond acceptors (Lipinski definition) is 5. The minimum atomic E-state index is -0.977. The van der Waals surface area contributed by atoms with Crippen LogP contribution in [0.1, 0.15) is 45.3 Å². The molecule has 0 atom stereocenters. The molecule has 0 aliphatic carbocycles. The molecule has 0 saturated carbocycles. The number of benzene rings is 1. The van der Waals surface area contributed by atoms with Gasteiger partial charge in [-0.1, -0.05) is 6.07 Å². The number of methoxy groups -OCH3 is 2. The first-order chi connectivity index (χ1) is 13.0. The first-order valence-corrected chi connectivity index (χ1v) is 8.75. The van der Waals surface area contributed by atoms with Crippen LogP contribution < -0.4 is 9.47 Å². The molecule has 27 heavy (non-hydrogen) atoms. The maximum atomic E-state index is 13.0. The second kappa shape index (κ2) is 7.69.